The number of aliphatic hydroxyl groups is 1. The van der Waals surface area contributed by atoms with Crippen molar-refractivity contribution in [3.05, 3.63) is 23.6 Å². The highest BCUT2D eigenvalue weighted by Crippen LogP contribution is 2.66. The van der Waals surface area contributed by atoms with Crippen molar-refractivity contribution in [2.45, 2.75) is 72.0 Å². The zero-order valence-electron chi connectivity index (χ0n) is 17.2. The summed E-state index contributed by atoms with van der Waals surface area (Å²) in [5.74, 6) is -0.784. The average Bonchev–Trinajstić information content (AvgIpc) is 2.86. The first-order valence-corrected chi connectivity index (χ1v) is 10.6. The molecule has 0 heterocycles. The highest BCUT2D eigenvalue weighted by Gasteiger charge is 2.64. The lowest BCUT2D eigenvalue weighted by Crippen LogP contribution is -2.57. The Bertz CT molecular complexity index is 771. The molecule has 0 aromatic rings. The molecule has 8 atom stereocenters. The molecule has 0 aromatic carbocycles. The topological polar surface area (TPSA) is 63.6 Å². The lowest BCUT2D eigenvalue weighted by molar-refractivity contribution is -0.170. The minimum absolute atomic E-state index is 0.114. The van der Waals surface area contributed by atoms with Crippen LogP contribution >= 0.6 is 0 Å². The smallest absolute Gasteiger partial charge is 0.305 e. The van der Waals surface area contributed by atoms with Crippen molar-refractivity contribution in [1.29, 1.82) is 0 Å². The van der Waals surface area contributed by atoms with Gasteiger partial charge in [0, 0.05) is 23.2 Å². The third-order valence-electron chi connectivity index (χ3n) is 8.33. The van der Waals surface area contributed by atoms with Crippen LogP contribution < -0.4 is 0 Å². The SMILES string of the molecule is CCC(=O)OC1[C@H](C)C[C@H]2[C@@H]3CCC4=CC(=O)C(F)=C[C@]4(C)[C@H]3[C@@H](O)C[C@]12C. The molecule has 3 saturated carbocycles. The summed E-state index contributed by atoms with van der Waals surface area (Å²) in [7, 11) is 0. The van der Waals surface area contributed by atoms with Crippen LogP contribution in [0.1, 0.15) is 59.8 Å². The summed E-state index contributed by atoms with van der Waals surface area (Å²) in [5.41, 5.74) is 0.0564. The predicted molar refractivity (Wildman–Crippen MR) is 103 cm³/mol. The number of esters is 1. The summed E-state index contributed by atoms with van der Waals surface area (Å²) < 4.78 is 20.1. The van der Waals surface area contributed by atoms with Crippen LogP contribution in [0.3, 0.4) is 0 Å². The molecule has 0 aliphatic heterocycles. The molecule has 5 heteroatoms. The number of carbonyl (C=O) groups is 2. The first-order chi connectivity index (χ1) is 13.1. The number of rotatable bonds is 2. The standard InChI is InChI=1S/C23H31FO4/c1-5-19(27)28-21-12(2)8-15-14-7-6-13-9-17(25)16(24)10-22(13,3)20(14)18(26)11-23(15,21)4/h9-10,12,14-15,18,20-21,26H,5-8,11H2,1-4H3/t12-,14+,15+,18+,20-,21?,22+,23+/m1/s1. The summed E-state index contributed by atoms with van der Waals surface area (Å²) in [5, 5.41) is 11.3. The molecule has 0 amide bonds. The lowest BCUT2D eigenvalue weighted by atomic mass is 9.47. The maximum Gasteiger partial charge on any atom is 0.305 e. The van der Waals surface area contributed by atoms with E-state index in [1.165, 1.54) is 12.2 Å². The summed E-state index contributed by atoms with van der Waals surface area (Å²) in [6.07, 6.45) is 5.57. The molecule has 0 spiro atoms. The minimum atomic E-state index is -0.707. The van der Waals surface area contributed by atoms with E-state index in [1.807, 2.05) is 6.92 Å². The van der Waals surface area contributed by atoms with Crippen LogP contribution in [-0.2, 0) is 14.3 Å². The molecule has 0 aromatic heterocycles. The Morgan fingerprint density at radius 1 is 1.39 bits per heavy atom. The van der Waals surface area contributed by atoms with Gasteiger partial charge in [0.1, 0.15) is 6.10 Å². The molecule has 4 aliphatic carbocycles. The van der Waals surface area contributed by atoms with Crippen LogP contribution in [0.4, 0.5) is 4.39 Å². The number of hydrogen-bond donors (Lipinski definition) is 1. The second-order valence-electron chi connectivity index (χ2n) is 9.90. The van der Waals surface area contributed by atoms with Gasteiger partial charge in [-0.05, 0) is 55.6 Å². The van der Waals surface area contributed by atoms with Crippen LogP contribution in [-0.4, -0.2) is 29.1 Å². The van der Waals surface area contributed by atoms with Gasteiger partial charge in [-0.2, -0.15) is 0 Å². The summed E-state index contributed by atoms with van der Waals surface area (Å²) in [6, 6.07) is 0. The minimum Gasteiger partial charge on any atom is -0.461 e. The number of aliphatic hydroxyl groups excluding tert-OH is 1. The van der Waals surface area contributed by atoms with Crippen LogP contribution in [0.2, 0.25) is 0 Å². The van der Waals surface area contributed by atoms with Crippen molar-refractivity contribution >= 4 is 11.8 Å². The molecule has 0 saturated heterocycles. The molecule has 28 heavy (non-hydrogen) atoms. The first-order valence-electron chi connectivity index (χ1n) is 10.6. The van der Waals surface area contributed by atoms with Gasteiger partial charge in [0.25, 0.3) is 0 Å². The second-order valence-corrected chi connectivity index (χ2v) is 9.90. The highest BCUT2D eigenvalue weighted by molar-refractivity contribution is 6.04. The number of halogens is 1. The fourth-order valence-electron chi connectivity index (χ4n) is 7.18. The first kappa shape index (κ1) is 19.8. The highest BCUT2D eigenvalue weighted by atomic mass is 19.1. The third kappa shape index (κ3) is 2.65. The van der Waals surface area contributed by atoms with Gasteiger partial charge >= 0.3 is 5.97 Å². The fraction of sp³-hybridized carbons (Fsp3) is 0.739. The van der Waals surface area contributed by atoms with E-state index in [9.17, 15) is 19.1 Å². The summed E-state index contributed by atoms with van der Waals surface area (Å²) in [4.78, 5) is 23.9. The number of fused-ring (bicyclic) bond motifs is 5. The van der Waals surface area contributed by atoms with Crippen molar-refractivity contribution in [2.24, 2.45) is 34.5 Å². The largest absolute Gasteiger partial charge is 0.461 e. The van der Waals surface area contributed by atoms with Gasteiger partial charge in [0.05, 0.1) is 6.10 Å². The molecule has 1 unspecified atom stereocenters. The Kier molecular flexibility index (Phi) is 4.61. The number of carbonyl (C=O) groups excluding carboxylic acids is 2. The summed E-state index contributed by atoms with van der Waals surface area (Å²) >= 11 is 0. The molecule has 154 valence electrons. The zero-order valence-corrected chi connectivity index (χ0v) is 17.2. The van der Waals surface area contributed by atoms with Gasteiger partial charge in [-0.15, -0.1) is 0 Å². The number of hydrogen-bond acceptors (Lipinski definition) is 4. The molecule has 0 radical (unpaired) electrons. The Morgan fingerprint density at radius 3 is 2.79 bits per heavy atom. The fourth-order valence-corrected chi connectivity index (χ4v) is 7.18. The normalized spacial score (nSPS) is 47.4. The van der Waals surface area contributed by atoms with Crippen LogP contribution in [0, 0.1) is 34.5 Å². The Hall–Kier alpha value is -1.49. The zero-order chi connectivity index (χ0) is 20.4. The van der Waals surface area contributed by atoms with Crippen LogP contribution in [0.15, 0.2) is 23.6 Å². The number of ketones is 1. The molecule has 4 rings (SSSR count). The number of ether oxygens (including phenoxy) is 1. The molecule has 0 bridgehead atoms. The maximum atomic E-state index is 14.3. The quantitative estimate of drug-likeness (QED) is 0.720. The molecule has 3 fully saturated rings. The van der Waals surface area contributed by atoms with Gasteiger partial charge < -0.3 is 9.84 Å². The molecule has 1 N–H and O–H groups in total. The predicted octanol–water partition coefficient (Wildman–Crippen LogP) is 4.13. The Labute approximate surface area is 166 Å². The van der Waals surface area contributed by atoms with E-state index >= 15 is 0 Å². The van der Waals surface area contributed by atoms with E-state index in [0.29, 0.717) is 18.8 Å². The van der Waals surface area contributed by atoms with Crippen molar-refractivity contribution in [3.8, 4) is 0 Å². The van der Waals surface area contributed by atoms with Crippen molar-refractivity contribution in [1.82, 2.24) is 0 Å². The van der Waals surface area contributed by atoms with E-state index in [2.05, 4.69) is 13.8 Å². The third-order valence-corrected chi connectivity index (χ3v) is 8.33. The van der Waals surface area contributed by atoms with E-state index in [1.54, 1.807) is 6.92 Å². The van der Waals surface area contributed by atoms with Crippen LogP contribution in [0.25, 0.3) is 0 Å². The van der Waals surface area contributed by atoms with E-state index in [-0.39, 0.29) is 35.2 Å². The number of allylic oxidation sites excluding steroid dienone is 4. The Balaban J connectivity index is 1.71. The Morgan fingerprint density at radius 2 is 2.11 bits per heavy atom. The maximum absolute atomic E-state index is 14.3. The van der Waals surface area contributed by atoms with Gasteiger partial charge in [0.2, 0.25) is 5.78 Å². The second kappa shape index (κ2) is 6.51. The van der Waals surface area contributed by atoms with E-state index in [0.717, 1.165) is 24.8 Å². The van der Waals surface area contributed by atoms with Crippen LogP contribution in [0.5, 0.6) is 0 Å². The van der Waals surface area contributed by atoms with Crippen molar-refractivity contribution < 1.29 is 23.8 Å². The molecule has 4 nitrogen and oxygen atoms in total. The molecule has 4 aliphatic rings. The van der Waals surface area contributed by atoms with E-state index < -0.39 is 23.1 Å². The van der Waals surface area contributed by atoms with Gasteiger partial charge in [-0.25, -0.2) is 4.39 Å². The van der Waals surface area contributed by atoms with Gasteiger partial charge in [-0.1, -0.05) is 33.3 Å². The monoisotopic (exact) mass is 390 g/mol. The van der Waals surface area contributed by atoms with Crippen molar-refractivity contribution in [2.75, 3.05) is 0 Å². The lowest BCUT2D eigenvalue weighted by Gasteiger charge is -2.58. The molecular weight excluding hydrogens is 359 g/mol. The van der Waals surface area contributed by atoms with Crippen molar-refractivity contribution in [3.63, 3.8) is 0 Å². The molecular formula is C23H31FO4. The van der Waals surface area contributed by atoms with E-state index in [4.69, 9.17) is 4.74 Å². The summed E-state index contributed by atoms with van der Waals surface area (Å²) in [6.45, 7) is 8.06. The van der Waals surface area contributed by atoms with Gasteiger partial charge in [0.15, 0.2) is 5.83 Å². The average molecular weight is 390 g/mol. The van der Waals surface area contributed by atoms with Gasteiger partial charge in [-0.3, -0.25) is 9.59 Å².